The molecule has 0 unspecified atom stereocenters. The Morgan fingerprint density at radius 1 is 1.22 bits per heavy atom. The van der Waals surface area contributed by atoms with Crippen LogP contribution >= 0.6 is 0 Å². The number of aliphatic hydroxyl groups is 1. The number of benzene rings is 1. The van der Waals surface area contributed by atoms with Gasteiger partial charge in [-0.3, -0.25) is 4.18 Å². The lowest BCUT2D eigenvalue weighted by Crippen LogP contribution is -2.23. The first-order valence-corrected chi connectivity index (χ1v) is 7.08. The van der Waals surface area contributed by atoms with E-state index in [9.17, 15) is 13.5 Å². The fourth-order valence-corrected chi connectivity index (χ4v) is 2.18. The van der Waals surface area contributed by atoms with Gasteiger partial charge in [0, 0.05) is 6.61 Å². The summed E-state index contributed by atoms with van der Waals surface area (Å²) >= 11 is 0. The molecule has 0 fully saturated rings. The molecule has 0 aliphatic heterocycles. The van der Waals surface area contributed by atoms with E-state index >= 15 is 0 Å². The van der Waals surface area contributed by atoms with Crippen molar-refractivity contribution >= 4 is 10.1 Å². The molecule has 18 heavy (non-hydrogen) atoms. The van der Waals surface area contributed by atoms with Gasteiger partial charge in [0.05, 0.1) is 18.1 Å². The largest absolute Gasteiger partial charge is 0.388 e. The average Bonchev–Trinajstić information content (AvgIpc) is 2.34. The van der Waals surface area contributed by atoms with Crippen LogP contribution in [0.2, 0.25) is 0 Å². The number of aryl methyl sites for hydroxylation is 1. The summed E-state index contributed by atoms with van der Waals surface area (Å²) in [5.41, 5.74) is 0.963. The van der Waals surface area contributed by atoms with Crippen molar-refractivity contribution in [2.45, 2.75) is 24.8 Å². The first-order valence-electron chi connectivity index (χ1n) is 5.67. The lowest BCUT2D eigenvalue weighted by atomic mass is 10.2. The van der Waals surface area contributed by atoms with Crippen LogP contribution in [-0.4, -0.2) is 39.4 Å². The Kier molecular flexibility index (Phi) is 5.74. The first kappa shape index (κ1) is 15.1. The highest BCUT2D eigenvalue weighted by atomic mass is 32.2. The predicted octanol–water partition coefficient (Wildman–Crippen LogP) is 1.10. The van der Waals surface area contributed by atoms with E-state index in [4.69, 9.17) is 8.92 Å². The maximum Gasteiger partial charge on any atom is 0.297 e. The van der Waals surface area contributed by atoms with Crippen molar-refractivity contribution in [1.82, 2.24) is 0 Å². The predicted molar refractivity (Wildman–Crippen MR) is 66.8 cm³/mol. The molecular weight excluding hydrogens is 256 g/mol. The van der Waals surface area contributed by atoms with E-state index in [-0.39, 0.29) is 18.1 Å². The molecule has 0 aliphatic rings. The minimum atomic E-state index is -3.81. The van der Waals surface area contributed by atoms with E-state index in [1.165, 1.54) is 12.1 Å². The third kappa shape index (κ3) is 4.73. The zero-order valence-electron chi connectivity index (χ0n) is 10.5. The Morgan fingerprint density at radius 3 is 2.39 bits per heavy atom. The van der Waals surface area contributed by atoms with E-state index in [0.717, 1.165) is 5.56 Å². The Bertz CT molecular complexity index is 452. The van der Waals surface area contributed by atoms with Gasteiger partial charge >= 0.3 is 0 Å². The maximum atomic E-state index is 11.7. The second-order valence-corrected chi connectivity index (χ2v) is 5.48. The van der Waals surface area contributed by atoms with Gasteiger partial charge in [0.15, 0.2) is 0 Å². The normalized spacial score (nSPS) is 13.5. The lowest BCUT2D eigenvalue weighted by Gasteiger charge is -2.11. The Hall–Kier alpha value is -0.950. The van der Waals surface area contributed by atoms with Crippen LogP contribution in [0.1, 0.15) is 12.5 Å². The number of rotatable bonds is 7. The number of hydrogen-bond acceptors (Lipinski definition) is 5. The molecule has 1 N–H and O–H groups in total. The van der Waals surface area contributed by atoms with Crippen LogP contribution in [-0.2, 0) is 19.0 Å². The van der Waals surface area contributed by atoms with Gasteiger partial charge in [0.25, 0.3) is 10.1 Å². The van der Waals surface area contributed by atoms with Gasteiger partial charge in [-0.05, 0) is 26.0 Å². The molecule has 1 atom stereocenters. The molecule has 6 heteroatoms. The van der Waals surface area contributed by atoms with Crippen LogP contribution in [0.25, 0.3) is 0 Å². The number of hydrogen-bond donors (Lipinski definition) is 1. The van der Waals surface area contributed by atoms with Gasteiger partial charge in [0.1, 0.15) is 6.10 Å². The van der Waals surface area contributed by atoms with Crippen LogP contribution in [0, 0.1) is 6.92 Å². The molecule has 5 nitrogen and oxygen atoms in total. The van der Waals surface area contributed by atoms with Crippen molar-refractivity contribution in [2.75, 3.05) is 19.8 Å². The number of ether oxygens (including phenoxy) is 1. The molecule has 1 aromatic rings. The zero-order valence-corrected chi connectivity index (χ0v) is 11.3. The minimum absolute atomic E-state index is 0.0555. The average molecular weight is 274 g/mol. The summed E-state index contributed by atoms with van der Waals surface area (Å²) < 4.78 is 33.2. The molecule has 102 valence electrons. The summed E-state index contributed by atoms with van der Waals surface area (Å²) in [4.78, 5) is 0.0803. The van der Waals surface area contributed by atoms with E-state index in [1.54, 1.807) is 19.1 Å². The topological polar surface area (TPSA) is 72.8 Å². The van der Waals surface area contributed by atoms with Gasteiger partial charge in [0.2, 0.25) is 0 Å². The molecule has 0 aliphatic carbocycles. The Labute approximate surface area is 107 Å². The Morgan fingerprint density at radius 2 is 1.83 bits per heavy atom. The SMILES string of the molecule is CCOC[C@@H](O)COS(=O)(=O)c1ccc(C)cc1. The summed E-state index contributed by atoms with van der Waals surface area (Å²) in [5.74, 6) is 0. The van der Waals surface area contributed by atoms with Crippen molar-refractivity contribution in [3.63, 3.8) is 0 Å². The van der Waals surface area contributed by atoms with Crippen LogP contribution in [0.3, 0.4) is 0 Å². The fourth-order valence-electron chi connectivity index (χ4n) is 1.24. The zero-order chi connectivity index (χ0) is 13.6. The molecule has 0 amide bonds. The van der Waals surface area contributed by atoms with Crippen molar-refractivity contribution in [2.24, 2.45) is 0 Å². The molecule has 0 saturated heterocycles. The van der Waals surface area contributed by atoms with Crippen molar-refractivity contribution < 1.29 is 22.4 Å². The number of aliphatic hydroxyl groups excluding tert-OH is 1. The molecule has 0 heterocycles. The van der Waals surface area contributed by atoms with Crippen LogP contribution in [0.4, 0.5) is 0 Å². The second kappa shape index (κ2) is 6.84. The second-order valence-electron chi connectivity index (χ2n) is 3.86. The van der Waals surface area contributed by atoms with Crippen LogP contribution in [0.15, 0.2) is 29.2 Å². The lowest BCUT2D eigenvalue weighted by molar-refractivity contribution is 0.0178. The summed E-state index contributed by atoms with van der Waals surface area (Å²) in [6, 6.07) is 6.32. The summed E-state index contributed by atoms with van der Waals surface area (Å²) in [7, 11) is -3.81. The maximum absolute atomic E-state index is 11.7. The van der Waals surface area contributed by atoms with Crippen LogP contribution in [0.5, 0.6) is 0 Å². The molecule has 0 radical (unpaired) electrons. The van der Waals surface area contributed by atoms with Crippen molar-refractivity contribution in [1.29, 1.82) is 0 Å². The summed E-state index contributed by atoms with van der Waals surface area (Å²) in [6.07, 6.45) is -0.954. The van der Waals surface area contributed by atoms with E-state index < -0.39 is 16.2 Å². The molecule has 0 saturated carbocycles. The molecule has 1 rings (SSSR count). The fraction of sp³-hybridized carbons (Fsp3) is 0.500. The van der Waals surface area contributed by atoms with Crippen molar-refractivity contribution in [3.05, 3.63) is 29.8 Å². The molecule has 0 aromatic heterocycles. The van der Waals surface area contributed by atoms with Gasteiger partial charge in [-0.15, -0.1) is 0 Å². The van der Waals surface area contributed by atoms with E-state index in [2.05, 4.69) is 0 Å². The highest BCUT2D eigenvalue weighted by Crippen LogP contribution is 2.13. The molecule has 0 bridgehead atoms. The summed E-state index contributed by atoms with van der Waals surface area (Å²) in [5, 5.41) is 9.42. The molecular formula is C12H18O5S. The smallest absolute Gasteiger partial charge is 0.297 e. The minimum Gasteiger partial charge on any atom is -0.388 e. The van der Waals surface area contributed by atoms with E-state index in [1.807, 2.05) is 6.92 Å². The van der Waals surface area contributed by atoms with E-state index in [0.29, 0.717) is 6.61 Å². The van der Waals surface area contributed by atoms with Gasteiger partial charge in [-0.2, -0.15) is 8.42 Å². The van der Waals surface area contributed by atoms with Crippen LogP contribution < -0.4 is 0 Å². The first-order chi connectivity index (χ1) is 8.45. The summed E-state index contributed by atoms with van der Waals surface area (Å²) in [6.45, 7) is 3.86. The standard InChI is InChI=1S/C12H18O5S/c1-3-16-8-11(13)9-17-18(14,15)12-6-4-10(2)5-7-12/h4-7,11,13H,3,8-9H2,1-2H3/t11-/m1/s1. The highest BCUT2D eigenvalue weighted by molar-refractivity contribution is 7.86. The molecule has 1 aromatic carbocycles. The van der Waals surface area contributed by atoms with Crippen molar-refractivity contribution in [3.8, 4) is 0 Å². The van der Waals surface area contributed by atoms with Gasteiger partial charge in [-0.1, -0.05) is 17.7 Å². The van der Waals surface area contributed by atoms with Gasteiger partial charge < -0.3 is 9.84 Å². The Balaban J connectivity index is 2.57. The van der Waals surface area contributed by atoms with Gasteiger partial charge in [-0.25, -0.2) is 0 Å². The third-order valence-corrected chi connectivity index (χ3v) is 3.54. The quantitative estimate of drug-likeness (QED) is 0.754. The highest BCUT2D eigenvalue weighted by Gasteiger charge is 2.17. The molecule has 0 spiro atoms. The third-order valence-electron chi connectivity index (χ3n) is 2.24. The monoisotopic (exact) mass is 274 g/mol.